The molecule has 3 rings (SSSR count). The monoisotopic (exact) mass is 269 g/mol. The Hall–Kier alpha value is -1.74. The summed E-state index contributed by atoms with van der Waals surface area (Å²) < 4.78 is 3.41. The van der Waals surface area contributed by atoms with Crippen molar-refractivity contribution in [3.63, 3.8) is 0 Å². The minimum Gasteiger partial charge on any atom is -0.238 e. The Labute approximate surface area is 117 Å². The third-order valence-corrected chi connectivity index (χ3v) is 4.47. The number of hydrogen-bond acceptors (Lipinski definition) is 2. The summed E-state index contributed by atoms with van der Waals surface area (Å²) >= 11 is 1.69. The van der Waals surface area contributed by atoms with Gasteiger partial charge < -0.3 is 0 Å². The highest BCUT2D eigenvalue weighted by atomic mass is 32.1. The maximum absolute atomic E-state index is 4.37. The molecule has 0 atom stereocenters. The number of hydrogen-bond donors (Lipinski definition) is 0. The Morgan fingerprint density at radius 2 is 1.89 bits per heavy atom. The van der Waals surface area contributed by atoms with Crippen molar-refractivity contribution in [2.24, 2.45) is 7.05 Å². The molecule has 0 N–H and O–H groups in total. The maximum atomic E-state index is 4.37. The Bertz CT molecular complexity index is 772. The van der Waals surface area contributed by atoms with E-state index < -0.39 is 0 Å². The van der Waals surface area contributed by atoms with Crippen molar-refractivity contribution in [1.29, 1.82) is 0 Å². The van der Waals surface area contributed by atoms with Gasteiger partial charge >= 0.3 is 0 Å². The molecule has 2 nitrogen and oxygen atoms in total. The van der Waals surface area contributed by atoms with Crippen LogP contribution in [-0.4, -0.2) is 4.98 Å². The van der Waals surface area contributed by atoms with E-state index >= 15 is 0 Å². The van der Waals surface area contributed by atoms with Gasteiger partial charge in [-0.25, -0.2) is 4.98 Å². The minimum absolute atomic E-state index is 1.07. The predicted molar refractivity (Wildman–Crippen MR) is 80.4 cm³/mol. The zero-order chi connectivity index (χ0) is 13.6. The second kappa shape index (κ2) is 4.42. The molecule has 0 saturated carbocycles. The topological polar surface area (TPSA) is 16.8 Å². The molecule has 0 bridgehead atoms. The molecule has 0 radical (unpaired) electrons. The first-order valence-corrected chi connectivity index (χ1v) is 7.25. The highest BCUT2D eigenvalue weighted by Gasteiger charge is 2.16. The van der Waals surface area contributed by atoms with Gasteiger partial charge in [-0.15, -0.1) is 11.3 Å². The van der Waals surface area contributed by atoms with Crippen LogP contribution in [0.2, 0.25) is 0 Å². The number of nitrogens with zero attached hydrogens (tertiary/aromatic N) is 2. The zero-order valence-electron chi connectivity index (χ0n) is 11.7. The molecule has 96 valence electrons. The van der Waals surface area contributed by atoms with Crippen molar-refractivity contribution >= 4 is 21.6 Å². The molecule has 19 heavy (non-hydrogen) atoms. The van der Waals surface area contributed by atoms with Crippen LogP contribution in [-0.2, 0) is 7.05 Å². The fourth-order valence-corrected chi connectivity index (χ4v) is 3.21. The number of pyridine rings is 1. The molecule has 0 unspecified atom stereocenters. The quantitative estimate of drug-likeness (QED) is 0.615. The first-order valence-electron chi connectivity index (χ1n) is 6.37. The van der Waals surface area contributed by atoms with E-state index in [1.807, 2.05) is 5.51 Å². The van der Waals surface area contributed by atoms with Gasteiger partial charge in [0.2, 0.25) is 5.69 Å². The van der Waals surface area contributed by atoms with E-state index in [-0.39, 0.29) is 0 Å². The molecule has 0 aliphatic rings. The van der Waals surface area contributed by atoms with Crippen LogP contribution in [0, 0.1) is 20.8 Å². The van der Waals surface area contributed by atoms with Gasteiger partial charge in [-0.3, -0.25) is 0 Å². The number of aryl methyl sites for hydroxylation is 3. The standard InChI is InChI=1S/C16H17N2S/c1-10-5-11(2)12(3)13(6-10)15-7-16-14(8-18(15)4)17-9-19-16/h5-9H,1-4H3/q+1. The van der Waals surface area contributed by atoms with E-state index in [2.05, 4.69) is 61.8 Å². The van der Waals surface area contributed by atoms with E-state index in [1.54, 1.807) is 11.3 Å². The molecule has 2 aromatic heterocycles. The van der Waals surface area contributed by atoms with Crippen molar-refractivity contribution in [3.8, 4) is 11.3 Å². The van der Waals surface area contributed by atoms with Crippen LogP contribution in [0.15, 0.2) is 29.9 Å². The highest BCUT2D eigenvalue weighted by Crippen LogP contribution is 2.27. The van der Waals surface area contributed by atoms with E-state index in [1.165, 1.54) is 32.6 Å². The van der Waals surface area contributed by atoms with Crippen LogP contribution in [0.5, 0.6) is 0 Å². The average Bonchev–Trinajstić information content (AvgIpc) is 2.80. The van der Waals surface area contributed by atoms with E-state index in [4.69, 9.17) is 0 Å². The van der Waals surface area contributed by atoms with E-state index in [0.717, 1.165) is 5.52 Å². The average molecular weight is 269 g/mol. The third-order valence-electron chi connectivity index (χ3n) is 3.68. The largest absolute Gasteiger partial charge is 0.238 e. The summed E-state index contributed by atoms with van der Waals surface area (Å²) in [5, 5.41) is 0. The van der Waals surface area contributed by atoms with Gasteiger partial charge in [0.1, 0.15) is 12.6 Å². The number of thiazole rings is 1. The Kier molecular flexibility index (Phi) is 2.86. The van der Waals surface area contributed by atoms with Gasteiger partial charge in [0, 0.05) is 11.6 Å². The first-order chi connectivity index (χ1) is 9.06. The van der Waals surface area contributed by atoms with E-state index in [9.17, 15) is 0 Å². The Morgan fingerprint density at radius 3 is 2.68 bits per heavy atom. The predicted octanol–water partition coefficient (Wildman–Crippen LogP) is 3.71. The molecule has 0 amide bonds. The molecule has 0 saturated heterocycles. The van der Waals surface area contributed by atoms with Crippen molar-refractivity contribution < 1.29 is 4.57 Å². The van der Waals surface area contributed by atoms with Gasteiger partial charge in [0.25, 0.3) is 0 Å². The number of benzene rings is 1. The molecule has 1 aromatic carbocycles. The number of aromatic nitrogens is 2. The Morgan fingerprint density at radius 1 is 1.11 bits per heavy atom. The van der Waals surface area contributed by atoms with Gasteiger partial charge in [0.15, 0.2) is 6.20 Å². The lowest BCUT2D eigenvalue weighted by atomic mass is 9.97. The summed E-state index contributed by atoms with van der Waals surface area (Å²) in [6, 6.07) is 6.75. The summed E-state index contributed by atoms with van der Waals surface area (Å²) in [5.74, 6) is 0. The van der Waals surface area contributed by atoms with Gasteiger partial charge in [0.05, 0.1) is 10.2 Å². The summed E-state index contributed by atoms with van der Waals surface area (Å²) in [5.41, 5.74) is 9.55. The molecule has 2 heterocycles. The number of rotatable bonds is 1. The summed E-state index contributed by atoms with van der Waals surface area (Å²) in [7, 11) is 2.09. The van der Waals surface area contributed by atoms with Crippen molar-refractivity contribution in [2.45, 2.75) is 20.8 Å². The maximum Gasteiger partial charge on any atom is 0.214 e. The fraction of sp³-hybridized carbons (Fsp3) is 0.250. The molecule has 0 aliphatic carbocycles. The second-order valence-electron chi connectivity index (χ2n) is 5.13. The smallest absolute Gasteiger partial charge is 0.214 e. The Balaban J connectivity index is 2.32. The van der Waals surface area contributed by atoms with Crippen molar-refractivity contribution in [2.75, 3.05) is 0 Å². The molecular weight excluding hydrogens is 252 g/mol. The molecule has 0 fully saturated rings. The molecule has 3 aromatic rings. The molecular formula is C16H17N2S+. The van der Waals surface area contributed by atoms with Crippen LogP contribution in [0.3, 0.4) is 0 Å². The lowest BCUT2D eigenvalue weighted by Crippen LogP contribution is -2.30. The first kappa shape index (κ1) is 12.3. The normalized spacial score (nSPS) is 11.2. The van der Waals surface area contributed by atoms with Crippen LogP contribution >= 0.6 is 11.3 Å². The van der Waals surface area contributed by atoms with E-state index in [0.29, 0.717) is 0 Å². The summed E-state index contributed by atoms with van der Waals surface area (Å²) in [6.45, 7) is 6.53. The highest BCUT2D eigenvalue weighted by molar-refractivity contribution is 7.16. The minimum atomic E-state index is 1.07. The van der Waals surface area contributed by atoms with Crippen molar-refractivity contribution in [3.05, 3.63) is 46.6 Å². The van der Waals surface area contributed by atoms with Crippen LogP contribution in [0.1, 0.15) is 16.7 Å². The van der Waals surface area contributed by atoms with Crippen LogP contribution < -0.4 is 4.57 Å². The van der Waals surface area contributed by atoms with Crippen molar-refractivity contribution in [1.82, 2.24) is 4.98 Å². The lowest BCUT2D eigenvalue weighted by molar-refractivity contribution is -0.659. The fourth-order valence-electron chi connectivity index (χ4n) is 2.52. The molecule has 0 aliphatic heterocycles. The summed E-state index contributed by atoms with van der Waals surface area (Å²) in [6.07, 6.45) is 2.11. The summed E-state index contributed by atoms with van der Waals surface area (Å²) in [4.78, 5) is 4.37. The van der Waals surface area contributed by atoms with Gasteiger partial charge in [-0.05, 0) is 38.0 Å². The molecule has 0 spiro atoms. The number of fused-ring (bicyclic) bond motifs is 1. The third kappa shape index (κ3) is 2.04. The lowest BCUT2D eigenvalue weighted by Gasteiger charge is -2.09. The molecule has 3 heteroatoms. The van der Waals surface area contributed by atoms with Gasteiger partial charge in [-0.2, -0.15) is 4.57 Å². The van der Waals surface area contributed by atoms with Crippen LogP contribution in [0.4, 0.5) is 0 Å². The van der Waals surface area contributed by atoms with Gasteiger partial charge in [-0.1, -0.05) is 11.6 Å². The second-order valence-corrected chi connectivity index (χ2v) is 6.01. The zero-order valence-corrected chi connectivity index (χ0v) is 12.5. The SMILES string of the molecule is Cc1cc(C)c(C)c(-c2cc3scnc3c[n+]2C)c1. The van der Waals surface area contributed by atoms with Crippen LogP contribution in [0.25, 0.3) is 21.5 Å².